The molecule has 2 rings (SSSR count). The fourth-order valence-electron chi connectivity index (χ4n) is 1.92. The first-order chi connectivity index (χ1) is 7.77. The smallest absolute Gasteiger partial charge is 0.313 e. The molecule has 84 valence electrons. The highest BCUT2D eigenvalue weighted by Gasteiger charge is 2.22. The molecule has 1 unspecified atom stereocenters. The topological polar surface area (TPSA) is 26.3 Å². The Bertz CT molecular complexity index is 501. The van der Waals surface area contributed by atoms with E-state index in [0.717, 1.165) is 12.0 Å². The van der Waals surface area contributed by atoms with Crippen molar-refractivity contribution in [2.45, 2.75) is 19.3 Å². The van der Waals surface area contributed by atoms with E-state index in [9.17, 15) is 4.79 Å². The summed E-state index contributed by atoms with van der Waals surface area (Å²) >= 11 is 1.68. The van der Waals surface area contributed by atoms with Crippen LogP contribution in [0, 0.1) is 0 Å². The molecular formula is C13H14O2S. The van der Waals surface area contributed by atoms with Crippen molar-refractivity contribution in [3.05, 3.63) is 35.2 Å². The van der Waals surface area contributed by atoms with Crippen molar-refractivity contribution in [1.29, 1.82) is 0 Å². The predicted molar refractivity (Wildman–Crippen MR) is 66.9 cm³/mol. The van der Waals surface area contributed by atoms with Crippen molar-refractivity contribution < 1.29 is 9.53 Å². The second kappa shape index (κ2) is 4.66. The fraction of sp³-hybridized carbons (Fsp3) is 0.308. The summed E-state index contributed by atoms with van der Waals surface area (Å²) in [5.41, 5.74) is 1.09. The lowest BCUT2D eigenvalue weighted by Crippen LogP contribution is -2.12. The largest absolute Gasteiger partial charge is 0.469 e. The van der Waals surface area contributed by atoms with Gasteiger partial charge in [0, 0.05) is 4.70 Å². The molecule has 0 aliphatic rings. The minimum absolute atomic E-state index is 0.138. The molecule has 2 aromatic rings. The summed E-state index contributed by atoms with van der Waals surface area (Å²) in [7, 11) is 1.44. The van der Waals surface area contributed by atoms with Crippen LogP contribution in [-0.2, 0) is 9.53 Å². The van der Waals surface area contributed by atoms with Crippen molar-refractivity contribution >= 4 is 27.4 Å². The maximum absolute atomic E-state index is 11.7. The number of methoxy groups -OCH3 is 1. The minimum atomic E-state index is -0.147. The second-order valence-corrected chi connectivity index (χ2v) is 4.58. The first-order valence-electron chi connectivity index (χ1n) is 5.32. The number of carbonyl (C=O) groups excluding carboxylic acids is 1. The molecule has 16 heavy (non-hydrogen) atoms. The van der Waals surface area contributed by atoms with Gasteiger partial charge < -0.3 is 4.74 Å². The van der Waals surface area contributed by atoms with Crippen LogP contribution in [0.3, 0.4) is 0 Å². The third kappa shape index (κ3) is 1.83. The van der Waals surface area contributed by atoms with Crippen LogP contribution >= 0.6 is 11.3 Å². The number of ether oxygens (including phenoxy) is 1. The van der Waals surface area contributed by atoms with Crippen LogP contribution in [0.1, 0.15) is 24.8 Å². The Hall–Kier alpha value is -1.35. The van der Waals surface area contributed by atoms with Crippen molar-refractivity contribution in [2.24, 2.45) is 0 Å². The Morgan fingerprint density at radius 3 is 2.88 bits per heavy atom. The summed E-state index contributed by atoms with van der Waals surface area (Å²) in [4.78, 5) is 11.7. The van der Waals surface area contributed by atoms with Crippen LogP contribution in [0.25, 0.3) is 10.1 Å². The van der Waals surface area contributed by atoms with Gasteiger partial charge in [-0.15, -0.1) is 11.3 Å². The Labute approximate surface area is 98.9 Å². The Morgan fingerprint density at radius 1 is 1.44 bits per heavy atom. The molecule has 0 saturated heterocycles. The molecule has 0 radical (unpaired) electrons. The first kappa shape index (κ1) is 11.1. The number of esters is 1. The number of rotatable bonds is 3. The Balaban J connectivity index is 2.49. The van der Waals surface area contributed by atoms with Crippen molar-refractivity contribution in [3.63, 3.8) is 0 Å². The van der Waals surface area contributed by atoms with E-state index in [-0.39, 0.29) is 11.9 Å². The van der Waals surface area contributed by atoms with Gasteiger partial charge in [0.2, 0.25) is 0 Å². The minimum Gasteiger partial charge on any atom is -0.469 e. The van der Waals surface area contributed by atoms with E-state index in [2.05, 4.69) is 17.5 Å². The predicted octanol–water partition coefficient (Wildman–Crippen LogP) is 3.57. The molecule has 3 heteroatoms. The zero-order valence-electron chi connectivity index (χ0n) is 9.40. The number of benzene rings is 1. The Morgan fingerprint density at radius 2 is 2.19 bits per heavy atom. The van der Waals surface area contributed by atoms with Crippen molar-refractivity contribution in [1.82, 2.24) is 0 Å². The highest BCUT2D eigenvalue weighted by Crippen LogP contribution is 2.33. The van der Waals surface area contributed by atoms with Crippen LogP contribution in [0.15, 0.2) is 29.6 Å². The van der Waals surface area contributed by atoms with E-state index in [1.165, 1.54) is 17.2 Å². The van der Waals surface area contributed by atoms with Crippen LogP contribution in [0.5, 0.6) is 0 Å². The lowest BCUT2D eigenvalue weighted by Gasteiger charge is -2.11. The third-order valence-electron chi connectivity index (χ3n) is 2.78. The van der Waals surface area contributed by atoms with Crippen LogP contribution in [0.2, 0.25) is 0 Å². The molecule has 1 heterocycles. The summed E-state index contributed by atoms with van der Waals surface area (Å²) in [6.07, 6.45) is 0.771. The zero-order valence-corrected chi connectivity index (χ0v) is 10.2. The molecular weight excluding hydrogens is 220 g/mol. The van der Waals surface area contributed by atoms with Crippen LogP contribution < -0.4 is 0 Å². The number of fused-ring (bicyclic) bond motifs is 1. The average Bonchev–Trinajstić information content (AvgIpc) is 2.74. The quantitative estimate of drug-likeness (QED) is 0.759. The van der Waals surface area contributed by atoms with Gasteiger partial charge in [-0.05, 0) is 28.8 Å². The van der Waals surface area contributed by atoms with E-state index in [1.807, 2.05) is 19.1 Å². The van der Waals surface area contributed by atoms with Gasteiger partial charge in [-0.2, -0.15) is 0 Å². The summed E-state index contributed by atoms with van der Waals surface area (Å²) in [6, 6.07) is 8.16. The lowest BCUT2D eigenvalue weighted by atomic mass is 9.96. The maximum atomic E-state index is 11.7. The highest BCUT2D eigenvalue weighted by atomic mass is 32.1. The summed E-state index contributed by atoms with van der Waals surface area (Å²) in [5, 5.41) is 3.24. The molecule has 1 atom stereocenters. The third-order valence-corrected chi connectivity index (χ3v) is 3.76. The van der Waals surface area contributed by atoms with E-state index in [0.29, 0.717) is 0 Å². The van der Waals surface area contributed by atoms with Gasteiger partial charge in [-0.25, -0.2) is 0 Å². The van der Waals surface area contributed by atoms with Crippen molar-refractivity contribution in [3.8, 4) is 0 Å². The second-order valence-electron chi connectivity index (χ2n) is 3.67. The Kier molecular flexibility index (Phi) is 3.25. The molecule has 0 spiro atoms. The molecule has 1 aromatic carbocycles. The number of hydrogen-bond donors (Lipinski definition) is 0. The molecule has 2 nitrogen and oxygen atoms in total. The van der Waals surface area contributed by atoms with E-state index >= 15 is 0 Å². The van der Waals surface area contributed by atoms with E-state index in [1.54, 1.807) is 11.3 Å². The van der Waals surface area contributed by atoms with Gasteiger partial charge >= 0.3 is 5.97 Å². The number of thiophene rings is 1. The van der Waals surface area contributed by atoms with E-state index < -0.39 is 0 Å². The SMILES string of the molecule is CCC(C(=O)OC)c1csc2ccccc12. The van der Waals surface area contributed by atoms with Gasteiger partial charge in [0.15, 0.2) is 0 Å². The molecule has 0 fully saturated rings. The summed E-state index contributed by atoms with van der Waals surface area (Å²) in [5.74, 6) is -0.285. The molecule has 0 saturated carbocycles. The maximum Gasteiger partial charge on any atom is 0.313 e. The molecule has 0 amide bonds. The summed E-state index contributed by atoms with van der Waals surface area (Å²) < 4.78 is 6.06. The van der Waals surface area contributed by atoms with Crippen LogP contribution in [-0.4, -0.2) is 13.1 Å². The van der Waals surface area contributed by atoms with Gasteiger partial charge in [-0.1, -0.05) is 25.1 Å². The molecule has 0 N–H and O–H groups in total. The van der Waals surface area contributed by atoms with Gasteiger partial charge in [0.1, 0.15) is 0 Å². The average molecular weight is 234 g/mol. The molecule has 0 aliphatic carbocycles. The number of carbonyl (C=O) groups is 1. The molecule has 0 bridgehead atoms. The normalized spacial score (nSPS) is 12.6. The highest BCUT2D eigenvalue weighted by molar-refractivity contribution is 7.17. The summed E-state index contributed by atoms with van der Waals surface area (Å²) in [6.45, 7) is 2.01. The fourth-order valence-corrected chi connectivity index (χ4v) is 2.94. The lowest BCUT2D eigenvalue weighted by molar-refractivity contribution is -0.142. The monoisotopic (exact) mass is 234 g/mol. The number of hydrogen-bond acceptors (Lipinski definition) is 3. The van der Waals surface area contributed by atoms with Gasteiger partial charge in [0.25, 0.3) is 0 Å². The molecule has 1 aromatic heterocycles. The standard InChI is InChI=1S/C13H14O2S/c1-3-9(13(14)15-2)11-8-16-12-7-5-4-6-10(11)12/h4-9H,3H2,1-2H3. The first-order valence-corrected chi connectivity index (χ1v) is 6.19. The molecule has 0 aliphatic heterocycles. The zero-order chi connectivity index (χ0) is 11.5. The van der Waals surface area contributed by atoms with Crippen molar-refractivity contribution in [2.75, 3.05) is 7.11 Å². The van der Waals surface area contributed by atoms with Crippen LogP contribution in [0.4, 0.5) is 0 Å². The van der Waals surface area contributed by atoms with Gasteiger partial charge in [-0.3, -0.25) is 4.79 Å². The van der Waals surface area contributed by atoms with Gasteiger partial charge in [0.05, 0.1) is 13.0 Å². The van der Waals surface area contributed by atoms with E-state index in [4.69, 9.17) is 4.74 Å².